The van der Waals surface area contributed by atoms with Gasteiger partial charge in [0.15, 0.2) is 5.11 Å². The van der Waals surface area contributed by atoms with E-state index in [1.165, 1.54) is 5.56 Å². The number of hydrogen-bond donors (Lipinski definition) is 2. The Bertz CT molecular complexity index is 801. The Morgan fingerprint density at radius 2 is 1.85 bits per heavy atom. The van der Waals surface area contributed by atoms with Gasteiger partial charge in [0.25, 0.3) is 5.91 Å². The summed E-state index contributed by atoms with van der Waals surface area (Å²) >= 11 is 11.7. The molecule has 0 bridgehead atoms. The van der Waals surface area contributed by atoms with Crippen LogP contribution in [0, 0.1) is 0 Å². The highest BCUT2D eigenvalue weighted by atomic mass is 35.5. The summed E-state index contributed by atoms with van der Waals surface area (Å²) in [5.74, 6) is -0.227. The molecule has 2 aromatic rings. The number of benzene rings is 2. The monoisotopic (exact) mass is 387 g/mol. The minimum Gasteiger partial charge on any atom is -0.369 e. The maximum absolute atomic E-state index is 12.4. The van der Waals surface area contributed by atoms with Gasteiger partial charge in [-0.2, -0.15) is 0 Å². The summed E-state index contributed by atoms with van der Waals surface area (Å²) in [5, 5.41) is 6.81. The fourth-order valence-corrected chi connectivity index (χ4v) is 3.60. The van der Waals surface area contributed by atoms with E-state index in [9.17, 15) is 4.79 Å². The van der Waals surface area contributed by atoms with E-state index in [0.29, 0.717) is 10.6 Å². The molecule has 1 amide bonds. The van der Waals surface area contributed by atoms with E-state index in [2.05, 4.69) is 22.5 Å². The standard InChI is InChI=1S/C20H22ClN3OS/c1-2-14-8-10-15(11-9-14)19(25)23-20(26)22-17-7-5-6-16(21)18(17)24-12-3-4-13-24/h5-11H,2-4,12-13H2,1H3,(H2,22,23,25,26). The van der Waals surface area contributed by atoms with E-state index in [1.54, 1.807) is 0 Å². The molecule has 26 heavy (non-hydrogen) atoms. The number of nitrogens with one attached hydrogen (secondary N) is 2. The quantitative estimate of drug-likeness (QED) is 0.751. The number of rotatable bonds is 4. The van der Waals surface area contributed by atoms with Crippen molar-refractivity contribution in [2.45, 2.75) is 26.2 Å². The van der Waals surface area contributed by atoms with Gasteiger partial charge >= 0.3 is 0 Å². The van der Waals surface area contributed by atoms with Crippen LogP contribution in [0.5, 0.6) is 0 Å². The van der Waals surface area contributed by atoms with E-state index in [1.807, 2.05) is 42.5 Å². The predicted octanol–water partition coefficient (Wildman–Crippen LogP) is 4.63. The van der Waals surface area contributed by atoms with Gasteiger partial charge in [0.2, 0.25) is 0 Å². The topological polar surface area (TPSA) is 44.4 Å². The highest BCUT2D eigenvalue weighted by Gasteiger charge is 2.19. The van der Waals surface area contributed by atoms with Crippen LogP contribution in [0.1, 0.15) is 35.7 Å². The molecule has 1 saturated heterocycles. The van der Waals surface area contributed by atoms with Crippen LogP contribution in [-0.4, -0.2) is 24.1 Å². The third-order valence-electron chi connectivity index (χ3n) is 4.51. The average molecular weight is 388 g/mol. The normalized spacial score (nSPS) is 13.5. The molecule has 4 nitrogen and oxygen atoms in total. The van der Waals surface area contributed by atoms with Crippen LogP contribution in [0.15, 0.2) is 42.5 Å². The Kier molecular flexibility index (Phi) is 6.12. The van der Waals surface area contributed by atoms with Gasteiger partial charge in [-0.25, -0.2) is 0 Å². The van der Waals surface area contributed by atoms with Crippen molar-refractivity contribution in [1.29, 1.82) is 0 Å². The molecule has 1 aliphatic heterocycles. The summed E-state index contributed by atoms with van der Waals surface area (Å²) in [6.07, 6.45) is 3.25. The molecular formula is C20H22ClN3OS. The number of halogens is 1. The van der Waals surface area contributed by atoms with Crippen LogP contribution < -0.4 is 15.5 Å². The summed E-state index contributed by atoms with van der Waals surface area (Å²) in [6, 6.07) is 13.2. The van der Waals surface area contributed by atoms with Crippen LogP contribution in [0.4, 0.5) is 11.4 Å². The van der Waals surface area contributed by atoms with Crippen molar-refractivity contribution in [1.82, 2.24) is 5.32 Å². The number of anilines is 2. The molecular weight excluding hydrogens is 366 g/mol. The van der Waals surface area contributed by atoms with Gasteiger partial charge in [-0.15, -0.1) is 0 Å². The van der Waals surface area contributed by atoms with Gasteiger partial charge in [-0.05, 0) is 61.3 Å². The lowest BCUT2D eigenvalue weighted by molar-refractivity contribution is 0.0977. The fourth-order valence-electron chi connectivity index (χ4n) is 3.10. The first kappa shape index (κ1) is 18.7. The Hall–Kier alpha value is -2.11. The van der Waals surface area contributed by atoms with Crippen LogP contribution >= 0.6 is 23.8 Å². The molecule has 136 valence electrons. The second-order valence-corrected chi connectivity index (χ2v) is 7.10. The summed E-state index contributed by atoms with van der Waals surface area (Å²) in [7, 11) is 0. The highest BCUT2D eigenvalue weighted by Crippen LogP contribution is 2.35. The maximum atomic E-state index is 12.4. The molecule has 1 fully saturated rings. The fraction of sp³-hybridized carbons (Fsp3) is 0.300. The summed E-state index contributed by atoms with van der Waals surface area (Å²) in [5.41, 5.74) is 3.52. The molecule has 0 atom stereocenters. The van der Waals surface area contributed by atoms with Crippen molar-refractivity contribution in [2.24, 2.45) is 0 Å². The van der Waals surface area contributed by atoms with Gasteiger partial charge in [-0.3, -0.25) is 10.1 Å². The minimum absolute atomic E-state index is 0.227. The smallest absolute Gasteiger partial charge is 0.257 e. The molecule has 2 N–H and O–H groups in total. The Morgan fingerprint density at radius 3 is 2.50 bits per heavy atom. The van der Waals surface area contributed by atoms with E-state index < -0.39 is 0 Å². The Balaban J connectivity index is 1.69. The number of amides is 1. The molecule has 0 radical (unpaired) electrons. The lowest BCUT2D eigenvalue weighted by atomic mass is 10.1. The van der Waals surface area contributed by atoms with Crippen molar-refractivity contribution in [3.05, 3.63) is 58.6 Å². The molecule has 1 aliphatic rings. The summed E-state index contributed by atoms with van der Waals surface area (Å²) in [4.78, 5) is 14.6. The van der Waals surface area contributed by atoms with E-state index in [0.717, 1.165) is 43.7 Å². The van der Waals surface area contributed by atoms with Gasteiger partial charge in [0, 0.05) is 18.7 Å². The van der Waals surface area contributed by atoms with Gasteiger partial charge in [-0.1, -0.05) is 36.7 Å². The van der Waals surface area contributed by atoms with Gasteiger partial charge < -0.3 is 10.2 Å². The number of carbonyl (C=O) groups excluding carboxylic acids is 1. The zero-order chi connectivity index (χ0) is 18.5. The predicted molar refractivity (Wildman–Crippen MR) is 112 cm³/mol. The van der Waals surface area contributed by atoms with Crippen molar-refractivity contribution in [3.8, 4) is 0 Å². The van der Waals surface area contributed by atoms with Crippen molar-refractivity contribution >= 4 is 46.2 Å². The molecule has 1 heterocycles. The second-order valence-electron chi connectivity index (χ2n) is 6.29. The largest absolute Gasteiger partial charge is 0.369 e. The number of nitrogens with zero attached hydrogens (tertiary/aromatic N) is 1. The average Bonchev–Trinajstić information content (AvgIpc) is 3.16. The molecule has 0 unspecified atom stereocenters. The van der Waals surface area contributed by atoms with Crippen LogP contribution in [0.3, 0.4) is 0 Å². The second kappa shape index (κ2) is 8.52. The molecule has 0 aromatic heterocycles. The molecule has 0 saturated carbocycles. The third-order valence-corrected chi connectivity index (χ3v) is 5.02. The van der Waals surface area contributed by atoms with Gasteiger partial charge in [0.1, 0.15) is 0 Å². The number of aryl methyl sites for hydroxylation is 1. The van der Waals surface area contributed by atoms with Gasteiger partial charge in [0.05, 0.1) is 16.4 Å². The van der Waals surface area contributed by atoms with Crippen molar-refractivity contribution in [2.75, 3.05) is 23.3 Å². The number of para-hydroxylation sites is 1. The maximum Gasteiger partial charge on any atom is 0.257 e. The van der Waals surface area contributed by atoms with E-state index >= 15 is 0 Å². The molecule has 3 rings (SSSR count). The van der Waals surface area contributed by atoms with Crippen molar-refractivity contribution in [3.63, 3.8) is 0 Å². The lowest BCUT2D eigenvalue weighted by Crippen LogP contribution is -2.34. The summed E-state index contributed by atoms with van der Waals surface area (Å²) in [6.45, 7) is 4.03. The molecule has 0 spiro atoms. The first-order chi connectivity index (χ1) is 12.6. The van der Waals surface area contributed by atoms with E-state index in [-0.39, 0.29) is 11.0 Å². The number of hydrogen-bond acceptors (Lipinski definition) is 3. The van der Waals surface area contributed by atoms with Crippen LogP contribution in [0.25, 0.3) is 0 Å². The SMILES string of the molecule is CCc1ccc(C(=O)NC(=S)Nc2cccc(Cl)c2N2CCCC2)cc1. The third kappa shape index (κ3) is 4.34. The number of carbonyl (C=O) groups is 1. The molecule has 0 aliphatic carbocycles. The zero-order valence-electron chi connectivity index (χ0n) is 14.7. The first-order valence-electron chi connectivity index (χ1n) is 8.83. The highest BCUT2D eigenvalue weighted by molar-refractivity contribution is 7.80. The molecule has 2 aromatic carbocycles. The van der Waals surface area contributed by atoms with E-state index in [4.69, 9.17) is 23.8 Å². The van der Waals surface area contributed by atoms with Crippen LogP contribution in [0.2, 0.25) is 5.02 Å². The summed E-state index contributed by atoms with van der Waals surface area (Å²) < 4.78 is 0. The number of thiocarbonyl (C=S) groups is 1. The Morgan fingerprint density at radius 1 is 1.15 bits per heavy atom. The van der Waals surface area contributed by atoms with Crippen molar-refractivity contribution < 1.29 is 4.79 Å². The zero-order valence-corrected chi connectivity index (χ0v) is 16.3. The first-order valence-corrected chi connectivity index (χ1v) is 9.62. The lowest BCUT2D eigenvalue weighted by Gasteiger charge is -2.23. The molecule has 6 heteroatoms. The Labute approximate surface area is 164 Å². The minimum atomic E-state index is -0.227. The van der Waals surface area contributed by atoms with Crippen LogP contribution in [-0.2, 0) is 6.42 Å².